The van der Waals surface area contributed by atoms with E-state index in [9.17, 15) is 22.8 Å². The van der Waals surface area contributed by atoms with Gasteiger partial charge in [-0.05, 0) is 43.3 Å². The number of benzene rings is 1. The summed E-state index contributed by atoms with van der Waals surface area (Å²) in [5, 5.41) is 4.64. The number of halogens is 3. The highest BCUT2D eigenvalue weighted by Gasteiger charge is 2.34. The number of aryl methyl sites for hydroxylation is 1. The van der Waals surface area contributed by atoms with Crippen LogP contribution in [-0.4, -0.2) is 11.8 Å². The number of anilines is 2. The number of hydrogen-bond acceptors (Lipinski definition) is 4. The smallest absolute Gasteiger partial charge is 0.418 e. The Bertz CT molecular complexity index is 978. The summed E-state index contributed by atoms with van der Waals surface area (Å²) in [5.41, 5.74) is -1.33. The lowest BCUT2D eigenvalue weighted by Crippen LogP contribution is -2.17. The highest BCUT2D eigenvalue weighted by atomic mass is 32.1. The number of nitrogens with one attached hydrogen (secondary N) is 2. The topological polar surface area (TPSA) is 71.3 Å². The summed E-state index contributed by atoms with van der Waals surface area (Å²) in [5.74, 6) is -1.24. The molecule has 0 saturated heterocycles. The summed E-state index contributed by atoms with van der Waals surface area (Å²) < 4.78 is 45.0. The summed E-state index contributed by atoms with van der Waals surface area (Å²) in [6.07, 6.45) is -2.26. The molecule has 0 aliphatic heterocycles. The van der Waals surface area contributed by atoms with E-state index >= 15 is 0 Å². The zero-order valence-corrected chi connectivity index (χ0v) is 14.7. The van der Waals surface area contributed by atoms with Gasteiger partial charge in [-0.25, -0.2) is 0 Å². The fourth-order valence-electron chi connectivity index (χ4n) is 2.30. The molecule has 0 spiro atoms. The van der Waals surface area contributed by atoms with Crippen LogP contribution in [-0.2, 0) is 6.18 Å². The lowest BCUT2D eigenvalue weighted by Gasteiger charge is -2.15. The van der Waals surface area contributed by atoms with Crippen molar-refractivity contribution < 1.29 is 27.2 Å². The van der Waals surface area contributed by atoms with Gasteiger partial charge in [-0.3, -0.25) is 9.59 Å². The van der Waals surface area contributed by atoms with E-state index in [0.717, 1.165) is 17.0 Å². The average Bonchev–Trinajstić information content (AvgIpc) is 3.26. The van der Waals surface area contributed by atoms with E-state index in [-0.39, 0.29) is 16.9 Å². The molecule has 2 N–H and O–H groups in total. The van der Waals surface area contributed by atoms with Crippen LogP contribution in [0.2, 0.25) is 0 Å². The highest BCUT2D eigenvalue weighted by molar-refractivity contribution is 7.14. The summed E-state index contributed by atoms with van der Waals surface area (Å²) in [4.78, 5) is 25.3. The van der Waals surface area contributed by atoms with Gasteiger partial charge in [0.25, 0.3) is 11.8 Å². The van der Waals surface area contributed by atoms with Crippen molar-refractivity contribution in [2.45, 2.75) is 13.1 Å². The second-order valence-corrected chi connectivity index (χ2v) is 6.88. The number of carbonyl (C=O) groups excluding carboxylic acids is 2. The second kappa shape index (κ2) is 7.28. The third kappa shape index (κ3) is 4.37. The van der Waals surface area contributed by atoms with E-state index in [2.05, 4.69) is 10.6 Å². The van der Waals surface area contributed by atoms with Gasteiger partial charge in [-0.15, -0.1) is 11.3 Å². The summed E-state index contributed by atoms with van der Waals surface area (Å²) in [7, 11) is 0. The van der Waals surface area contributed by atoms with Gasteiger partial charge >= 0.3 is 6.18 Å². The third-order valence-corrected chi connectivity index (χ3v) is 4.58. The Morgan fingerprint density at radius 2 is 1.81 bits per heavy atom. The van der Waals surface area contributed by atoms with Crippen molar-refractivity contribution in [1.82, 2.24) is 0 Å². The lowest BCUT2D eigenvalue weighted by atomic mass is 10.1. The molecule has 27 heavy (non-hydrogen) atoms. The normalized spacial score (nSPS) is 11.3. The molecule has 2 heterocycles. The van der Waals surface area contributed by atoms with E-state index in [4.69, 9.17) is 4.42 Å². The molecule has 0 aliphatic rings. The van der Waals surface area contributed by atoms with Crippen molar-refractivity contribution in [1.29, 1.82) is 0 Å². The number of alkyl halides is 3. The largest absolute Gasteiger partial charge is 0.472 e. The quantitative estimate of drug-likeness (QED) is 0.641. The molecule has 2 amide bonds. The summed E-state index contributed by atoms with van der Waals surface area (Å²) >= 11 is 1.18. The Morgan fingerprint density at radius 3 is 2.41 bits per heavy atom. The third-order valence-electron chi connectivity index (χ3n) is 3.58. The van der Waals surface area contributed by atoms with Gasteiger partial charge in [0, 0.05) is 10.6 Å². The summed E-state index contributed by atoms with van der Waals surface area (Å²) in [6.45, 7) is 1.79. The van der Waals surface area contributed by atoms with Crippen molar-refractivity contribution in [3.05, 3.63) is 69.8 Å². The molecule has 0 aliphatic carbocycles. The molecule has 0 fully saturated rings. The Kier molecular flexibility index (Phi) is 5.04. The maximum Gasteiger partial charge on any atom is 0.418 e. The minimum atomic E-state index is -4.72. The fourth-order valence-corrected chi connectivity index (χ4v) is 3.07. The monoisotopic (exact) mass is 394 g/mol. The van der Waals surface area contributed by atoms with E-state index in [0.29, 0.717) is 4.88 Å². The first-order valence-electron chi connectivity index (χ1n) is 7.66. The van der Waals surface area contributed by atoms with Gasteiger partial charge in [0.15, 0.2) is 0 Å². The van der Waals surface area contributed by atoms with Gasteiger partial charge < -0.3 is 15.1 Å². The van der Waals surface area contributed by atoms with Crippen LogP contribution in [0.5, 0.6) is 0 Å². The van der Waals surface area contributed by atoms with Crippen LogP contribution in [0.25, 0.3) is 0 Å². The molecule has 2 aromatic heterocycles. The fraction of sp³-hybridized carbons (Fsp3) is 0.111. The Morgan fingerprint density at radius 1 is 1.04 bits per heavy atom. The Hall–Kier alpha value is -3.07. The van der Waals surface area contributed by atoms with E-state index < -0.39 is 23.6 Å². The van der Waals surface area contributed by atoms with Gasteiger partial charge in [-0.1, -0.05) is 0 Å². The predicted octanol–water partition coefficient (Wildman–Crippen LogP) is 5.17. The molecule has 1 aromatic carbocycles. The van der Waals surface area contributed by atoms with Crippen molar-refractivity contribution in [2.75, 3.05) is 10.6 Å². The number of amides is 2. The van der Waals surface area contributed by atoms with Crippen molar-refractivity contribution >= 4 is 34.5 Å². The number of thiophene rings is 1. The molecule has 0 bridgehead atoms. The Labute approximate surface area is 155 Å². The van der Waals surface area contributed by atoms with Crippen molar-refractivity contribution in [3.8, 4) is 0 Å². The zero-order valence-electron chi connectivity index (χ0n) is 13.9. The number of hydrogen-bond donors (Lipinski definition) is 2. The molecule has 140 valence electrons. The van der Waals surface area contributed by atoms with Gasteiger partial charge in [0.05, 0.1) is 28.0 Å². The van der Waals surface area contributed by atoms with E-state index in [1.165, 1.54) is 36.0 Å². The molecule has 5 nitrogen and oxygen atoms in total. The van der Waals surface area contributed by atoms with Crippen LogP contribution in [0.1, 0.15) is 30.5 Å². The summed E-state index contributed by atoms with van der Waals surface area (Å²) in [6, 6.07) is 7.79. The van der Waals surface area contributed by atoms with Crippen molar-refractivity contribution in [3.63, 3.8) is 0 Å². The second-order valence-electron chi connectivity index (χ2n) is 5.59. The molecule has 0 radical (unpaired) electrons. The highest BCUT2D eigenvalue weighted by Crippen LogP contribution is 2.37. The standard InChI is InChI=1S/C18H13F3N2O3S/c1-10-2-5-15(27-10)17(25)23-14-4-3-12(8-13(14)18(19,20)21)22-16(24)11-6-7-26-9-11/h2-9H,1H3,(H,22,24)(H,23,25). The van der Waals surface area contributed by atoms with Crippen LogP contribution in [0.4, 0.5) is 24.5 Å². The number of furan rings is 1. The molecule has 3 aromatic rings. The van der Waals surface area contributed by atoms with E-state index in [1.807, 2.05) is 0 Å². The van der Waals surface area contributed by atoms with Crippen molar-refractivity contribution in [2.24, 2.45) is 0 Å². The maximum absolute atomic E-state index is 13.4. The lowest BCUT2D eigenvalue weighted by molar-refractivity contribution is -0.136. The first-order valence-corrected chi connectivity index (χ1v) is 8.48. The molecule has 0 unspecified atom stereocenters. The van der Waals surface area contributed by atoms with Crippen LogP contribution in [0.15, 0.2) is 53.3 Å². The number of rotatable bonds is 4. The SMILES string of the molecule is Cc1ccc(C(=O)Nc2ccc(NC(=O)c3ccoc3)cc2C(F)(F)F)s1. The zero-order chi connectivity index (χ0) is 19.6. The minimum absolute atomic E-state index is 0.0570. The first-order chi connectivity index (χ1) is 12.7. The van der Waals surface area contributed by atoms with Gasteiger partial charge in [0.2, 0.25) is 0 Å². The molecule has 9 heteroatoms. The minimum Gasteiger partial charge on any atom is -0.472 e. The first kappa shape index (κ1) is 18.7. The van der Waals surface area contributed by atoms with Crippen LogP contribution < -0.4 is 10.6 Å². The maximum atomic E-state index is 13.4. The average molecular weight is 394 g/mol. The van der Waals surface area contributed by atoms with Gasteiger partial charge in [-0.2, -0.15) is 13.2 Å². The predicted molar refractivity (Wildman–Crippen MR) is 95.1 cm³/mol. The molecule has 0 saturated carbocycles. The van der Waals surface area contributed by atoms with Gasteiger partial charge in [0.1, 0.15) is 6.26 Å². The molecular formula is C18H13F3N2O3S. The molecular weight excluding hydrogens is 381 g/mol. The van der Waals surface area contributed by atoms with Crippen LogP contribution in [0.3, 0.4) is 0 Å². The van der Waals surface area contributed by atoms with E-state index in [1.54, 1.807) is 19.1 Å². The Balaban J connectivity index is 1.86. The molecule has 3 rings (SSSR count). The number of carbonyl (C=O) groups is 2. The van der Waals surface area contributed by atoms with Crippen LogP contribution >= 0.6 is 11.3 Å². The van der Waals surface area contributed by atoms with Crippen LogP contribution in [0, 0.1) is 6.92 Å². The molecule has 0 atom stereocenters.